The second kappa shape index (κ2) is 22.4. The van der Waals surface area contributed by atoms with Crippen molar-refractivity contribution in [2.45, 2.75) is 129 Å². The van der Waals surface area contributed by atoms with Gasteiger partial charge in [-0.1, -0.05) is 33.9 Å². The van der Waals surface area contributed by atoms with Gasteiger partial charge in [-0.25, -0.2) is 9.82 Å². The van der Waals surface area contributed by atoms with Crippen LogP contribution in [0.5, 0.6) is 0 Å². The van der Waals surface area contributed by atoms with Crippen LogP contribution in [0, 0.1) is 52.3 Å². The predicted molar refractivity (Wildman–Crippen MR) is 304 cm³/mol. The van der Waals surface area contributed by atoms with Crippen LogP contribution in [-0.4, -0.2) is 169 Å². The van der Waals surface area contributed by atoms with Crippen molar-refractivity contribution in [3.63, 3.8) is 0 Å². The third-order valence-corrected chi connectivity index (χ3v) is 20.8. The molecule has 1 aromatic carbocycles. The fourth-order valence-corrected chi connectivity index (χ4v) is 16.5. The molecule has 2 saturated carbocycles. The van der Waals surface area contributed by atoms with E-state index >= 15 is 9.18 Å². The highest BCUT2D eigenvalue weighted by molar-refractivity contribution is 5.83. The van der Waals surface area contributed by atoms with E-state index in [1.165, 1.54) is 0 Å². The fraction of sp³-hybridized carbons (Fsp3) is 0.726. The van der Waals surface area contributed by atoms with Crippen LogP contribution in [0.2, 0.25) is 0 Å². The van der Waals surface area contributed by atoms with Gasteiger partial charge in [0.2, 0.25) is 5.91 Å². The lowest BCUT2D eigenvalue weighted by Gasteiger charge is -2.67. The Labute approximate surface area is 468 Å². The number of hydrogen-bond acceptors (Lipinski definition) is 15. The molecule has 9 heterocycles. The number of fused-ring (bicyclic) bond motifs is 13. The van der Waals surface area contributed by atoms with Crippen molar-refractivity contribution in [2.24, 2.45) is 52.3 Å². The van der Waals surface area contributed by atoms with E-state index in [1.807, 2.05) is 11.2 Å². The van der Waals surface area contributed by atoms with Crippen molar-refractivity contribution in [2.75, 3.05) is 120 Å². The summed E-state index contributed by atoms with van der Waals surface area (Å²) in [7, 11) is 1.74. The highest BCUT2D eigenvalue weighted by Crippen LogP contribution is 2.65. The van der Waals surface area contributed by atoms with E-state index < -0.39 is 29.7 Å². The molecule has 12 rings (SSSR count). The molecule has 2 aromatic rings. The van der Waals surface area contributed by atoms with Gasteiger partial charge in [0.1, 0.15) is 12.2 Å². The van der Waals surface area contributed by atoms with Crippen LogP contribution in [0.25, 0.3) is 5.57 Å². The van der Waals surface area contributed by atoms with Crippen LogP contribution in [-0.2, 0) is 39.8 Å². The van der Waals surface area contributed by atoms with Crippen LogP contribution in [0.1, 0.15) is 102 Å². The molecule has 8 aliphatic heterocycles. The number of nitrogens with one attached hydrogen (secondary N) is 3. The summed E-state index contributed by atoms with van der Waals surface area (Å²) < 4.78 is 48.4. The Bertz CT molecular complexity index is 2590. The Morgan fingerprint density at radius 1 is 0.962 bits per heavy atom. The number of amides is 1. The van der Waals surface area contributed by atoms with Gasteiger partial charge in [0, 0.05) is 131 Å². The number of likely N-dealkylation sites (tertiary alicyclic amines) is 1. The number of esters is 1. The Balaban J connectivity index is 0.912. The molecule has 16 nitrogen and oxygen atoms in total. The lowest BCUT2D eigenvalue weighted by atomic mass is 9.44. The van der Waals surface area contributed by atoms with Crippen molar-refractivity contribution in [1.82, 2.24) is 31.0 Å². The van der Waals surface area contributed by atoms with Crippen LogP contribution >= 0.6 is 0 Å². The van der Waals surface area contributed by atoms with Gasteiger partial charge in [-0.05, 0) is 130 Å². The van der Waals surface area contributed by atoms with Crippen molar-refractivity contribution < 1.29 is 37.7 Å². The molecule has 9 fully saturated rings. The van der Waals surface area contributed by atoms with Crippen molar-refractivity contribution in [3.8, 4) is 0 Å². The average Bonchev–Trinajstić information content (AvgIpc) is 4.17. The molecule has 432 valence electrons. The highest BCUT2D eigenvalue weighted by atomic mass is 19.1. The number of aromatic nitrogens is 1. The molecular weight excluding hydrogens is 1000 g/mol. The molecule has 17 heteroatoms. The number of anilines is 3. The lowest BCUT2D eigenvalue weighted by Crippen LogP contribution is -2.73. The van der Waals surface area contributed by atoms with Crippen LogP contribution in [0.15, 0.2) is 49.3 Å². The third-order valence-electron chi connectivity index (χ3n) is 20.8. The molecule has 1 amide bonds. The number of carbonyl (C=O) groups excluding carboxylic acids is 2. The summed E-state index contributed by atoms with van der Waals surface area (Å²) in [5, 5.41) is 9.21. The summed E-state index contributed by atoms with van der Waals surface area (Å²) in [6, 6.07) is 7.23. The summed E-state index contributed by atoms with van der Waals surface area (Å²) in [5.41, 5.74) is 11.2. The number of halogens is 1. The Morgan fingerprint density at radius 2 is 1.76 bits per heavy atom. The summed E-state index contributed by atoms with van der Waals surface area (Å²) >= 11 is 0. The number of allylic oxidation sites excluding steroid dienone is 1. The first kappa shape index (κ1) is 55.2. The minimum absolute atomic E-state index is 0.0558. The maximum atomic E-state index is 17.3. The molecule has 1 spiro atoms. The van der Waals surface area contributed by atoms with Gasteiger partial charge in [0.05, 0.1) is 68.3 Å². The number of ether oxygens (including phenoxy) is 5. The predicted octanol–water partition coefficient (Wildman–Crippen LogP) is 6.76. The van der Waals surface area contributed by atoms with E-state index in [-0.39, 0.29) is 77.7 Å². The largest absolute Gasteiger partial charge is 0.464 e. The topological polar surface area (TPSA) is 145 Å². The van der Waals surface area contributed by atoms with E-state index in [4.69, 9.17) is 41.8 Å². The van der Waals surface area contributed by atoms with Crippen LogP contribution in [0.3, 0.4) is 0 Å². The molecule has 79 heavy (non-hydrogen) atoms. The quantitative estimate of drug-likeness (QED) is 0.216. The summed E-state index contributed by atoms with van der Waals surface area (Å²) in [6.07, 6.45) is 5.88. The van der Waals surface area contributed by atoms with Gasteiger partial charge in [0.25, 0.3) is 0 Å². The van der Waals surface area contributed by atoms with Crippen LogP contribution < -0.4 is 30.8 Å². The number of nitrogens with zero attached hydrogens (tertiary/aromatic N) is 6. The Hall–Kier alpha value is -4.36. The number of cyclic esters (lactones) is 1. The molecule has 1 aromatic heterocycles. The standard InChI is InChI=1S/C62H90FN9O7/c1-9-68(31-43-25-45(69-19-16-64-17-20-69)30-65-56(43)40(5)75-8)50-13-12-44-27-46(50)37(2)28-61(6,7)34-79-60(74)49-11-10-18-72(67-49)39(4)55-52(51-33-70(44)21-24-78-51)48-29-62(35-77-36-62)53(48)38(3)57(59(73)66-55)71-32-42-26-47(42)58(71)54(63)41-14-22-76-23-15-41/h12-13,25,27,30,38,40-42,47-49,51-55,57-58,64,67H,2,4,9-11,14-24,26,28-29,31-36H2,1,3,5-8H3,(H,66,73)/t38?,40-,42?,47?,48?,49?,51?,52+,53?,54+,55+,57-,58-/m0/s1. The minimum atomic E-state index is -1.02. The van der Waals surface area contributed by atoms with Gasteiger partial charge in [-0.3, -0.25) is 19.5 Å². The number of piperazine rings is 1. The first-order valence-corrected chi connectivity index (χ1v) is 30.3. The molecule has 2 aliphatic carbocycles. The number of benzene rings is 1. The zero-order chi connectivity index (χ0) is 54.9. The second-order valence-electron chi connectivity index (χ2n) is 26.3. The minimum Gasteiger partial charge on any atom is -0.464 e. The Morgan fingerprint density at radius 3 is 2.51 bits per heavy atom. The molecule has 3 N–H and O–H groups in total. The molecule has 6 bridgehead atoms. The number of carbonyl (C=O) groups is 2. The monoisotopic (exact) mass is 1090 g/mol. The summed E-state index contributed by atoms with van der Waals surface area (Å²) in [5.74, 6) is 0.331. The number of morpholine rings is 1. The zero-order valence-corrected chi connectivity index (χ0v) is 48.1. The Kier molecular flexibility index (Phi) is 15.7. The maximum Gasteiger partial charge on any atom is 0.324 e. The van der Waals surface area contributed by atoms with Gasteiger partial charge >= 0.3 is 5.97 Å². The molecular formula is C62H90FN9O7. The number of rotatable bonds is 10. The number of methoxy groups -OCH3 is 1. The lowest BCUT2D eigenvalue weighted by molar-refractivity contribution is -0.263. The number of piperidine rings is 1. The van der Waals surface area contributed by atoms with Gasteiger partial charge in [-0.2, -0.15) is 0 Å². The van der Waals surface area contributed by atoms with Crippen molar-refractivity contribution >= 4 is 34.5 Å². The van der Waals surface area contributed by atoms with Gasteiger partial charge in [-0.15, -0.1) is 0 Å². The molecule has 7 unspecified atom stereocenters. The SMILES string of the molecule is C=C1CC(C)(C)COC(=O)C2CCCN(N2)C(=C)[C@H]2NC(=O)[C@@H](N3CC4CC4[C@H]3[C@H](F)C3CCOCC3)C(C)C3C(CC34COC4)[C@@H]2C2CN(CCO2)c2ccc(N(CC)Cc3cc(N4CCNCC4)cnc3[C@H](C)OC)c1c2. The van der Waals surface area contributed by atoms with Crippen molar-refractivity contribution in [1.29, 1.82) is 0 Å². The number of pyridine rings is 1. The van der Waals surface area contributed by atoms with Gasteiger partial charge < -0.3 is 54.0 Å². The second-order valence-corrected chi connectivity index (χ2v) is 26.3. The van der Waals surface area contributed by atoms with Crippen molar-refractivity contribution in [3.05, 3.63) is 66.1 Å². The highest BCUT2D eigenvalue weighted by Gasteiger charge is 2.68. The van der Waals surface area contributed by atoms with Crippen LogP contribution in [0.4, 0.5) is 21.5 Å². The maximum absolute atomic E-state index is 17.3. The average molecular weight is 1090 g/mol. The molecule has 0 radical (unpaired) electrons. The normalized spacial score (nSPS) is 34.7. The van der Waals surface area contributed by atoms with E-state index in [0.717, 1.165) is 117 Å². The molecule has 10 aliphatic rings. The molecule has 7 saturated heterocycles. The van der Waals surface area contributed by atoms with Gasteiger partial charge in [0.15, 0.2) is 0 Å². The summed E-state index contributed by atoms with van der Waals surface area (Å²) in [4.78, 5) is 44.8. The fourth-order valence-electron chi connectivity index (χ4n) is 16.5. The third kappa shape index (κ3) is 10.5. The zero-order valence-electron chi connectivity index (χ0n) is 48.1. The van der Waals surface area contributed by atoms with E-state index in [2.05, 4.69) is 94.5 Å². The van der Waals surface area contributed by atoms with E-state index in [0.29, 0.717) is 78.0 Å². The smallest absolute Gasteiger partial charge is 0.324 e. The number of hydrogen-bond donors (Lipinski definition) is 3. The summed E-state index contributed by atoms with van der Waals surface area (Å²) in [6.45, 7) is 31.5. The first-order valence-electron chi connectivity index (χ1n) is 30.3. The number of hydrazine groups is 1. The first-order chi connectivity index (χ1) is 38.2. The van der Waals surface area contributed by atoms with E-state index in [1.54, 1.807) is 7.11 Å². The van der Waals surface area contributed by atoms with E-state index in [9.17, 15) is 4.79 Å². The number of alkyl halides is 1. The molecule has 13 atom stereocenters.